The Bertz CT molecular complexity index is 1820. The summed E-state index contributed by atoms with van der Waals surface area (Å²) in [4.78, 5) is 11.2. The van der Waals surface area contributed by atoms with Crippen LogP contribution in [0.4, 0.5) is 19.0 Å². The molecule has 0 atom stereocenters. The fourth-order valence-corrected chi connectivity index (χ4v) is 4.83. The second kappa shape index (κ2) is 9.51. The molecule has 0 spiro atoms. The average molecular weight is 551 g/mol. The summed E-state index contributed by atoms with van der Waals surface area (Å²) < 4.78 is 44.5. The van der Waals surface area contributed by atoms with Crippen molar-refractivity contribution >= 4 is 45.1 Å². The number of halogens is 4. The van der Waals surface area contributed by atoms with Gasteiger partial charge in [0.1, 0.15) is 12.1 Å². The molecule has 0 aliphatic rings. The summed E-state index contributed by atoms with van der Waals surface area (Å²) in [6, 6.07) is 13.5. The van der Waals surface area contributed by atoms with Crippen molar-refractivity contribution in [2.45, 2.75) is 6.18 Å². The van der Waals surface area contributed by atoms with Gasteiger partial charge in [-0.3, -0.25) is 14.0 Å². The Morgan fingerprint density at radius 1 is 0.974 bits per heavy atom. The van der Waals surface area contributed by atoms with Crippen LogP contribution in [0.15, 0.2) is 67.3 Å². The van der Waals surface area contributed by atoms with Gasteiger partial charge in [-0.2, -0.15) is 13.2 Å². The molecular formula is C27H22ClF3N8. The normalized spacial score (nSPS) is 12.3. The minimum Gasteiger partial charge on any atom is -0.369 e. The van der Waals surface area contributed by atoms with Gasteiger partial charge in [0.05, 0.1) is 33.3 Å². The first kappa shape index (κ1) is 25.1. The lowest BCUT2D eigenvalue weighted by molar-refractivity contribution is -0.137. The zero-order valence-corrected chi connectivity index (χ0v) is 21.7. The van der Waals surface area contributed by atoms with Crippen LogP contribution in [0.5, 0.6) is 0 Å². The summed E-state index contributed by atoms with van der Waals surface area (Å²) in [6.07, 6.45) is 0.354. The molecule has 0 radical (unpaired) electrons. The Labute approximate surface area is 225 Å². The third-order valence-electron chi connectivity index (χ3n) is 6.51. The number of rotatable bonds is 6. The first-order chi connectivity index (χ1) is 18.7. The number of pyridine rings is 2. The molecule has 0 unspecified atom stereocenters. The van der Waals surface area contributed by atoms with Crippen LogP contribution in [0.3, 0.4) is 0 Å². The van der Waals surface area contributed by atoms with E-state index in [4.69, 9.17) is 11.6 Å². The van der Waals surface area contributed by atoms with Crippen molar-refractivity contribution in [3.05, 3.63) is 77.8 Å². The summed E-state index contributed by atoms with van der Waals surface area (Å²) in [6.45, 7) is 1.65. The van der Waals surface area contributed by atoms with Crippen molar-refractivity contribution in [2.24, 2.45) is 0 Å². The van der Waals surface area contributed by atoms with Gasteiger partial charge in [0.25, 0.3) is 0 Å². The number of aromatic nitrogens is 6. The van der Waals surface area contributed by atoms with Crippen molar-refractivity contribution < 1.29 is 13.2 Å². The maximum atomic E-state index is 13.7. The van der Waals surface area contributed by atoms with E-state index < -0.39 is 11.7 Å². The molecule has 0 fully saturated rings. The number of fused-ring (bicyclic) bond motifs is 5. The van der Waals surface area contributed by atoms with E-state index in [1.165, 1.54) is 18.5 Å². The van der Waals surface area contributed by atoms with Crippen molar-refractivity contribution in [3.8, 4) is 16.8 Å². The lowest BCUT2D eigenvalue weighted by Gasteiger charge is -2.13. The molecule has 39 heavy (non-hydrogen) atoms. The average Bonchev–Trinajstić information content (AvgIpc) is 3.50. The molecule has 0 saturated carbocycles. The van der Waals surface area contributed by atoms with Gasteiger partial charge in [0.15, 0.2) is 0 Å². The standard InChI is InChI=1S/C27H22ClF3N8/c1-37(2)10-9-32-24-8-4-17(13-34-24)16-3-7-22-19(11-16)25-23(14-33-22)38-15-35-36-26(38)39(25)18-5-6-21(28)20(12-18)27(29,30)31/h3-8,11-15H,9-10H2,1-2H3,(H,32,34). The van der Waals surface area contributed by atoms with Crippen LogP contribution in [0.1, 0.15) is 5.56 Å². The Hall–Kier alpha value is -4.22. The van der Waals surface area contributed by atoms with E-state index in [0.29, 0.717) is 22.3 Å². The predicted molar refractivity (Wildman–Crippen MR) is 145 cm³/mol. The molecule has 6 rings (SSSR count). The number of likely N-dealkylation sites (N-methyl/N-ethyl adjacent to an activating group) is 1. The van der Waals surface area contributed by atoms with Gasteiger partial charge in [-0.25, -0.2) is 4.98 Å². The summed E-state index contributed by atoms with van der Waals surface area (Å²) in [5, 5.41) is 11.8. The first-order valence-corrected chi connectivity index (χ1v) is 12.4. The topological polar surface area (TPSA) is 76.2 Å². The number of anilines is 1. The molecule has 0 amide bonds. The second-order valence-electron chi connectivity index (χ2n) is 9.38. The van der Waals surface area contributed by atoms with Crippen LogP contribution in [-0.2, 0) is 6.18 Å². The highest BCUT2D eigenvalue weighted by molar-refractivity contribution is 6.31. The van der Waals surface area contributed by atoms with Crippen LogP contribution >= 0.6 is 11.6 Å². The Morgan fingerprint density at radius 3 is 2.54 bits per heavy atom. The van der Waals surface area contributed by atoms with Gasteiger partial charge < -0.3 is 10.2 Å². The third kappa shape index (κ3) is 4.53. The monoisotopic (exact) mass is 550 g/mol. The minimum absolute atomic E-state index is 0.257. The zero-order valence-electron chi connectivity index (χ0n) is 20.9. The molecule has 8 nitrogen and oxygen atoms in total. The number of benzene rings is 2. The molecule has 0 bridgehead atoms. The molecule has 4 aromatic heterocycles. The molecule has 1 N–H and O–H groups in total. The largest absolute Gasteiger partial charge is 0.417 e. The number of hydrogen-bond donors (Lipinski definition) is 1. The highest BCUT2D eigenvalue weighted by Gasteiger charge is 2.34. The van der Waals surface area contributed by atoms with Gasteiger partial charge in [-0.15, -0.1) is 10.2 Å². The summed E-state index contributed by atoms with van der Waals surface area (Å²) in [5.74, 6) is 1.13. The number of nitrogens with zero attached hydrogens (tertiary/aromatic N) is 7. The molecule has 2 aromatic carbocycles. The van der Waals surface area contributed by atoms with Gasteiger partial charge in [-0.1, -0.05) is 17.7 Å². The lowest BCUT2D eigenvalue weighted by atomic mass is 10.0. The van der Waals surface area contributed by atoms with E-state index >= 15 is 0 Å². The van der Waals surface area contributed by atoms with Gasteiger partial charge in [0, 0.05) is 35.9 Å². The van der Waals surface area contributed by atoms with Crippen molar-refractivity contribution in [2.75, 3.05) is 32.5 Å². The summed E-state index contributed by atoms with van der Waals surface area (Å²) in [5.41, 5.74) is 3.10. The highest BCUT2D eigenvalue weighted by Crippen LogP contribution is 2.38. The highest BCUT2D eigenvalue weighted by atomic mass is 35.5. The van der Waals surface area contributed by atoms with Crippen LogP contribution in [0.25, 0.3) is 44.5 Å². The number of hydrogen-bond acceptors (Lipinski definition) is 6. The Morgan fingerprint density at radius 2 is 1.79 bits per heavy atom. The van der Waals surface area contributed by atoms with Crippen LogP contribution in [-0.4, -0.2) is 61.2 Å². The maximum Gasteiger partial charge on any atom is 0.417 e. The van der Waals surface area contributed by atoms with Gasteiger partial charge >= 0.3 is 6.18 Å². The molecule has 0 saturated heterocycles. The molecule has 12 heteroatoms. The van der Waals surface area contributed by atoms with E-state index in [1.807, 2.05) is 44.4 Å². The van der Waals surface area contributed by atoms with Crippen molar-refractivity contribution in [1.29, 1.82) is 0 Å². The summed E-state index contributed by atoms with van der Waals surface area (Å²) in [7, 11) is 4.02. The predicted octanol–water partition coefficient (Wildman–Crippen LogP) is 5.93. The third-order valence-corrected chi connectivity index (χ3v) is 6.84. The Balaban J connectivity index is 1.51. The van der Waals surface area contributed by atoms with E-state index in [0.717, 1.165) is 41.5 Å². The van der Waals surface area contributed by atoms with E-state index in [-0.39, 0.29) is 10.7 Å². The number of nitrogens with one attached hydrogen (secondary N) is 1. The first-order valence-electron chi connectivity index (χ1n) is 12.1. The minimum atomic E-state index is -4.61. The molecule has 4 heterocycles. The molecule has 198 valence electrons. The quantitative estimate of drug-likeness (QED) is 0.277. The fraction of sp³-hybridized carbons (Fsp3) is 0.185. The lowest BCUT2D eigenvalue weighted by Crippen LogP contribution is -2.21. The zero-order chi connectivity index (χ0) is 27.3. The van der Waals surface area contributed by atoms with Gasteiger partial charge in [0.2, 0.25) is 5.78 Å². The van der Waals surface area contributed by atoms with E-state index in [1.54, 1.807) is 21.4 Å². The van der Waals surface area contributed by atoms with Crippen LogP contribution < -0.4 is 5.32 Å². The molecule has 6 aromatic rings. The van der Waals surface area contributed by atoms with E-state index in [9.17, 15) is 13.2 Å². The molecule has 0 aliphatic heterocycles. The summed E-state index contributed by atoms with van der Waals surface area (Å²) >= 11 is 5.91. The smallest absolute Gasteiger partial charge is 0.369 e. The maximum absolute atomic E-state index is 13.7. The fourth-order valence-electron chi connectivity index (χ4n) is 4.60. The van der Waals surface area contributed by atoms with Crippen LogP contribution in [0.2, 0.25) is 5.02 Å². The second-order valence-corrected chi connectivity index (χ2v) is 9.79. The van der Waals surface area contributed by atoms with Crippen molar-refractivity contribution in [1.82, 2.24) is 34.0 Å². The number of imidazole rings is 1. The van der Waals surface area contributed by atoms with Crippen molar-refractivity contribution in [3.63, 3.8) is 0 Å². The Kier molecular flexibility index (Phi) is 6.12. The van der Waals surface area contributed by atoms with E-state index in [2.05, 4.69) is 30.4 Å². The van der Waals surface area contributed by atoms with Crippen LogP contribution in [0, 0.1) is 0 Å². The molecule has 0 aliphatic carbocycles. The number of alkyl halides is 3. The van der Waals surface area contributed by atoms with Gasteiger partial charge in [-0.05, 0) is 62.1 Å². The molecular weight excluding hydrogens is 529 g/mol. The SMILES string of the molecule is CN(C)CCNc1ccc(-c2ccc3ncc4c(c3c2)n(-c2ccc(Cl)c(C(F)(F)F)c2)c2nncn42)cn1.